The highest BCUT2D eigenvalue weighted by Crippen LogP contribution is 1.95. The predicted molar refractivity (Wildman–Crippen MR) is 39.8 cm³/mol. The smallest absolute Gasteiger partial charge is 0.299 e. The van der Waals surface area contributed by atoms with E-state index in [1.807, 2.05) is 6.92 Å². The van der Waals surface area contributed by atoms with Crippen LogP contribution in [-0.2, 0) is 20.8 Å². The van der Waals surface area contributed by atoms with Gasteiger partial charge in [0.1, 0.15) is 11.3 Å². The average molecular weight is 162 g/mol. The van der Waals surface area contributed by atoms with Crippen LogP contribution in [0.15, 0.2) is 0 Å². The minimum absolute atomic E-state index is 0.248. The van der Waals surface area contributed by atoms with Crippen molar-refractivity contribution in [3.8, 4) is 0 Å². The molecular weight excluding hydrogens is 152 g/mol. The summed E-state index contributed by atoms with van der Waals surface area (Å²) in [7, 11) is 0. The van der Waals surface area contributed by atoms with E-state index in [0.29, 0.717) is 6.42 Å². The summed E-state index contributed by atoms with van der Waals surface area (Å²) in [6.45, 7) is 2.30. The molecular formula is C6H10O3S. The van der Waals surface area contributed by atoms with Crippen molar-refractivity contribution in [3.05, 3.63) is 0 Å². The van der Waals surface area contributed by atoms with Crippen LogP contribution in [0.4, 0.5) is 0 Å². The number of rotatable bonds is 4. The summed E-state index contributed by atoms with van der Waals surface area (Å²) in [5.74, 6) is 0. The van der Waals surface area contributed by atoms with Crippen molar-refractivity contribution >= 4 is 22.8 Å². The molecule has 0 amide bonds. The highest BCUT2D eigenvalue weighted by Gasteiger charge is 1.96. The maximum atomic E-state index is 10.1. The fraction of sp³-hybridized carbons (Fsp3) is 0.667. The highest BCUT2D eigenvalue weighted by molar-refractivity contribution is 7.66. The Labute approximate surface area is 63.4 Å². The lowest BCUT2D eigenvalue weighted by Gasteiger charge is -1.95. The number of ether oxygens (including phenoxy) is 1. The Hall–Kier alpha value is -0.640. The Bertz CT molecular complexity index is 149. The molecule has 0 saturated carbocycles. The number of carbonyl (C=O) groups excluding carboxylic acids is 1. The third-order valence-corrected chi connectivity index (χ3v) is 1.49. The molecule has 0 spiro atoms. The Balaban J connectivity index is 3.62. The van der Waals surface area contributed by atoms with E-state index in [1.54, 1.807) is 0 Å². The van der Waals surface area contributed by atoms with Gasteiger partial charge in [0.05, 0.1) is 0 Å². The molecule has 0 rings (SSSR count). The van der Waals surface area contributed by atoms with Gasteiger partial charge in [0, 0.05) is 6.42 Å². The number of hydrogen-bond donors (Lipinski definition) is 0. The van der Waals surface area contributed by atoms with Crippen molar-refractivity contribution in [1.82, 2.24) is 0 Å². The normalized spacial score (nSPS) is 8.50. The molecule has 10 heavy (non-hydrogen) atoms. The van der Waals surface area contributed by atoms with Crippen LogP contribution in [0.25, 0.3) is 0 Å². The van der Waals surface area contributed by atoms with Crippen LogP contribution in [0.1, 0.15) is 26.2 Å². The van der Waals surface area contributed by atoms with E-state index in [-0.39, 0.29) is 22.8 Å². The molecule has 4 heteroatoms. The Morgan fingerprint density at radius 1 is 1.70 bits per heavy atom. The molecule has 0 aliphatic carbocycles. The average Bonchev–Trinajstić information content (AvgIpc) is 1.98. The summed E-state index contributed by atoms with van der Waals surface area (Å²) in [5.41, 5.74) is 0. The first-order valence-corrected chi connectivity index (χ1v) is 3.85. The number of hydrogen-bond acceptors (Lipinski definition) is 3. The quantitative estimate of drug-likeness (QED) is 0.451. The molecule has 0 heterocycles. The second-order valence-electron chi connectivity index (χ2n) is 1.77. The summed E-state index contributed by atoms with van der Waals surface area (Å²) in [4.78, 5) is 9.74. The lowest BCUT2D eigenvalue weighted by Crippen LogP contribution is -2.01. The van der Waals surface area contributed by atoms with Gasteiger partial charge in [0.15, 0.2) is 5.05 Å². The zero-order chi connectivity index (χ0) is 7.82. The first-order valence-electron chi connectivity index (χ1n) is 3.11. The first kappa shape index (κ1) is 9.36. The Morgan fingerprint density at radius 2 is 2.40 bits per heavy atom. The summed E-state index contributed by atoms with van der Waals surface area (Å²) < 4.78 is 14.5. The molecule has 0 aromatic carbocycles. The first-order chi connectivity index (χ1) is 4.85. The summed E-state index contributed by atoms with van der Waals surface area (Å²) in [6.07, 6.45) is 2.45. The van der Waals surface area contributed by atoms with Crippen molar-refractivity contribution in [2.75, 3.05) is 0 Å². The largest absolute Gasteiger partial charge is 0.419 e. The molecule has 0 aliphatic rings. The van der Waals surface area contributed by atoms with Gasteiger partial charge in [0.25, 0.3) is 6.47 Å². The van der Waals surface area contributed by atoms with E-state index in [0.717, 1.165) is 12.8 Å². The van der Waals surface area contributed by atoms with E-state index in [2.05, 4.69) is 4.74 Å². The molecule has 0 bridgehead atoms. The fourth-order valence-corrected chi connectivity index (χ4v) is 0.801. The van der Waals surface area contributed by atoms with Crippen LogP contribution >= 0.6 is 0 Å². The van der Waals surface area contributed by atoms with Crippen LogP contribution in [0.5, 0.6) is 0 Å². The van der Waals surface area contributed by atoms with Crippen LogP contribution in [0.3, 0.4) is 0 Å². The highest BCUT2D eigenvalue weighted by atomic mass is 32.1. The van der Waals surface area contributed by atoms with Crippen LogP contribution < -0.4 is 0 Å². The zero-order valence-corrected chi connectivity index (χ0v) is 6.65. The topological polar surface area (TPSA) is 43.4 Å². The monoisotopic (exact) mass is 162 g/mol. The fourth-order valence-electron chi connectivity index (χ4n) is 0.495. The standard InChI is InChI=1S/C6H10O3S/c1-2-3-4-6(10-8)9-5-7/h5H,2-4H2,1H3. The van der Waals surface area contributed by atoms with E-state index in [9.17, 15) is 9.00 Å². The minimum atomic E-state index is 0.248. The van der Waals surface area contributed by atoms with Gasteiger partial charge < -0.3 is 4.74 Å². The van der Waals surface area contributed by atoms with Gasteiger partial charge >= 0.3 is 0 Å². The van der Waals surface area contributed by atoms with Crippen molar-refractivity contribution in [3.63, 3.8) is 0 Å². The van der Waals surface area contributed by atoms with Gasteiger partial charge in [-0.15, -0.1) is 0 Å². The SMILES string of the molecule is CCCCC(OC=O)=S=O. The summed E-state index contributed by atoms with van der Waals surface area (Å²) >= 11 is 0.248. The second-order valence-corrected chi connectivity index (χ2v) is 2.39. The number of carbonyl (C=O) groups is 1. The van der Waals surface area contributed by atoms with Crippen molar-refractivity contribution in [2.24, 2.45) is 0 Å². The molecule has 0 aromatic heterocycles. The molecule has 0 unspecified atom stereocenters. The molecule has 3 nitrogen and oxygen atoms in total. The van der Waals surface area contributed by atoms with Crippen molar-refractivity contribution in [2.45, 2.75) is 26.2 Å². The van der Waals surface area contributed by atoms with Gasteiger partial charge in [-0.2, -0.15) is 0 Å². The van der Waals surface area contributed by atoms with Crippen LogP contribution in [-0.4, -0.2) is 15.7 Å². The molecule has 0 saturated heterocycles. The molecule has 0 N–H and O–H groups in total. The second kappa shape index (κ2) is 6.48. The molecule has 0 aromatic rings. The van der Waals surface area contributed by atoms with Gasteiger partial charge in [-0.3, -0.25) is 4.79 Å². The minimum Gasteiger partial charge on any atom is -0.419 e. The predicted octanol–water partition coefficient (Wildman–Crippen LogP) is 0.693. The summed E-state index contributed by atoms with van der Waals surface area (Å²) in [6, 6.07) is 0. The molecule has 0 aliphatic heterocycles. The van der Waals surface area contributed by atoms with Gasteiger partial charge in [-0.25, -0.2) is 4.21 Å². The maximum Gasteiger partial charge on any atom is 0.299 e. The molecule has 0 radical (unpaired) electrons. The third kappa shape index (κ3) is 4.26. The maximum absolute atomic E-state index is 10.1. The Morgan fingerprint density at radius 3 is 2.80 bits per heavy atom. The lowest BCUT2D eigenvalue weighted by atomic mass is 10.3. The Kier molecular flexibility index (Phi) is 6.06. The zero-order valence-electron chi connectivity index (χ0n) is 5.83. The van der Waals surface area contributed by atoms with E-state index < -0.39 is 0 Å². The molecule has 58 valence electrons. The van der Waals surface area contributed by atoms with Gasteiger partial charge in [-0.1, -0.05) is 13.3 Å². The van der Waals surface area contributed by atoms with Gasteiger partial charge in [0.2, 0.25) is 0 Å². The van der Waals surface area contributed by atoms with Crippen molar-refractivity contribution < 1.29 is 13.7 Å². The lowest BCUT2D eigenvalue weighted by molar-refractivity contribution is -0.121. The molecule has 0 fully saturated rings. The number of unbranched alkanes of at least 4 members (excludes halogenated alkanes) is 1. The van der Waals surface area contributed by atoms with E-state index in [4.69, 9.17) is 0 Å². The van der Waals surface area contributed by atoms with Crippen LogP contribution in [0, 0.1) is 0 Å². The van der Waals surface area contributed by atoms with E-state index in [1.165, 1.54) is 0 Å². The molecule has 0 atom stereocenters. The third-order valence-electron chi connectivity index (χ3n) is 1.01. The van der Waals surface area contributed by atoms with Crippen LogP contribution in [0.2, 0.25) is 0 Å². The van der Waals surface area contributed by atoms with E-state index >= 15 is 0 Å². The van der Waals surface area contributed by atoms with Crippen molar-refractivity contribution in [1.29, 1.82) is 0 Å². The van der Waals surface area contributed by atoms with Gasteiger partial charge in [-0.05, 0) is 6.42 Å². The summed E-state index contributed by atoms with van der Waals surface area (Å²) in [5, 5.41) is 0.261.